The summed E-state index contributed by atoms with van der Waals surface area (Å²) in [5.41, 5.74) is 1.12. The number of carbonyl (C=O) groups is 2. The highest BCUT2D eigenvalue weighted by molar-refractivity contribution is 6.32. The normalized spacial score (nSPS) is 20.6. The van der Waals surface area contributed by atoms with E-state index in [2.05, 4.69) is 10.6 Å². The number of carbonyl (C=O) groups excluding carboxylic acids is 2. The summed E-state index contributed by atoms with van der Waals surface area (Å²) in [6.07, 6.45) is 6.55. The van der Waals surface area contributed by atoms with E-state index in [1.165, 1.54) is 12.8 Å². The molecule has 1 atom stereocenters. The highest BCUT2D eigenvalue weighted by Crippen LogP contribution is 2.45. The molecule has 4 rings (SSSR count). The first-order chi connectivity index (χ1) is 14.1. The fraction of sp³-hybridized carbons (Fsp3) is 0.619. The molecule has 8 heteroatoms. The van der Waals surface area contributed by atoms with Gasteiger partial charge in [0.25, 0.3) is 0 Å². The molecule has 2 aliphatic heterocycles. The smallest absolute Gasteiger partial charge is 0.324 e. The predicted octanol–water partition coefficient (Wildman–Crippen LogP) is 3.26. The van der Waals surface area contributed by atoms with Gasteiger partial charge in [-0.15, -0.1) is 0 Å². The van der Waals surface area contributed by atoms with Crippen LogP contribution in [-0.4, -0.2) is 49.7 Å². The molecule has 3 aliphatic rings. The van der Waals surface area contributed by atoms with Gasteiger partial charge in [0.1, 0.15) is 13.2 Å². The van der Waals surface area contributed by atoms with Gasteiger partial charge in [0.2, 0.25) is 5.91 Å². The van der Waals surface area contributed by atoms with Crippen LogP contribution in [0, 0.1) is 5.92 Å². The van der Waals surface area contributed by atoms with Crippen molar-refractivity contribution in [3.63, 3.8) is 0 Å². The number of halogens is 1. The highest BCUT2D eigenvalue weighted by Gasteiger charge is 2.30. The van der Waals surface area contributed by atoms with Crippen molar-refractivity contribution in [3.8, 4) is 11.5 Å². The van der Waals surface area contributed by atoms with E-state index < -0.39 is 0 Å². The summed E-state index contributed by atoms with van der Waals surface area (Å²) in [6.45, 7) is 3.03. The Labute approximate surface area is 176 Å². The molecule has 1 saturated heterocycles. The standard InChI is InChI=1S/C21H28ClN3O4/c22-16-8-7-15-17(13-29-19(15)20(16)28-12-14-5-6-14)23-9-3-1-2-4-10-25-11-18(26)24-21(25)27/h7-8,14,17,23H,1-6,9-13H2,(H,24,26,27)/t17-/m1/s1. The first kappa shape index (κ1) is 20.3. The van der Waals surface area contributed by atoms with Crippen LogP contribution in [0.2, 0.25) is 5.02 Å². The first-order valence-corrected chi connectivity index (χ1v) is 10.9. The number of rotatable bonds is 11. The van der Waals surface area contributed by atoms with E-state index in [1.54, 1.807) is 4.90 Å². The van der Waals surface area contributed by atoms with Crippen molar-refractivity contribution < 1.29 is 19.1 Å². The molecule has 158 valence electrons. The lowest BCUT2D eigenvalue weighted by atomic mass is 10.1. The molecule has 3 amide bonds. The third kappa shape index (κ3) is 5.14. The number of ether oxygens (including phenoxy) is 2. The summed E-state index contributed by atoms with van der Waals surface area (Å²) in [7, 11) is 0. The molecular formula is C21H28ClN3O4. The van der Waals surface area contributed by atoms with Gasteiger partial charge in [-0.2, -0.15) is 0 Å². The summed E-state index contributed by atoms with van der Waals surface area (Å²) in [4.78, 5) is 24.2. The molecule has 7 nitrogen and oxygen atoms in total. The highest BCUT2D eigenvalue weighted by atomic mass is 35.5. The van der Waals surface area contributed by atoms with Crippen LogP contribution in [0.15, 0.2) is 12.1 Å². The SMILES string of the molecule is O=C1CN(CCCCCCN[C@@H]2COc3c2ccc(Cl)c3OCC2CC2)C(=O)N1. The topological polar surface area (TPSA) is 79.9 Å². The number of nitrogens with zero attached hydrogens (tertiary/aromatic N) is 1. The minimum Gasteiger partial charge on any atom is -0.488 e. The van der Waals surface area contributed by atoms with Crippen molar-refractivity contribution in [2.75, 3.05) is 32.8 Å². The molecule has 29 heavy (non-hydrogen) atoms. The average Bonchev–Trinajstić information content (AvgIpc) is 3.35. The fourth-order valence-corrected chi connectivity index (χ4v) is 3.95. The van der Waals surface area contributed by atoms with Gasteiger partial charge in [0.05, 0.1) is 17.7 Å². The van der Waals surface area contributed by atoms with Crippen molar-refractivity contribution in [2.45, 2.75) is 44.6 Å². The number of hydrogen-bond acceptors (Lipinski definition) is 5. The Morgan fingerprint density at radius 3 is 2.79 bits per heavy atom. The molecule has 1 aromatic carbocycles. The van der Waals surface area contributed by atoms with Crippen molar-refractivity contribution in [1.29, 1.82) is 0 Å². The second kappa shape index (κ2) is 9.22. The number of amides is 3. The Morgan fingerprint density at radius 2 is 2.03 bits per heavy atom. The van der Waals surface area contributed by atoms with Crippen molar-refractivity contribution >= 4 is 23.5 Å². The molecule has 2 N–H and O–H groups in total. The molecule has 1 aliphatic carbocycles. The molecular weight excluding hydrogens is 394 g/mol. The number of benzene rings is 1. The summed E-state index contributed by atoms with van der Waals surface area (Å²) in [5, 5.41) is 6.47. The Morgan fingerprint density at radius 1 is 1.21 bits per heavy atom. The van der Waals surface area contributed by atoms with Crippen LogP contribution < -0.4 is 20.1 Å². The lowest BCUT2D eigenvalue weighted by Gasteiger charge is -2.14. The lowest BCUT2D eigenvalue weighted by molar-refractivity contribution is -0.118. The number of hydrogen-bond donors (Lipinski definition) is 2. The zero-order chi connectivity index (χ0) is 20.2. The predicted molar refractivity (Wildman–Crippen MR) is 109 cm³/mol. The van der Waals surface area contributed by atoms with Crippen LogP contribution in [0.4, 0.5) is 4.79 Å². The van der Waals surface area contributed by atoms with Crippen molar-refractivity contribution in [3.05, 3.63) is 22.7 Å². The van der Waals surface area contributed by atoms with Gasteiger partial charge in [0.15, 0.2) is 11.5 Å². The van der Waals surface area contributed by atoms with Crippen LogP contribution in [0.25, 0.3) is 0 Å². The Hall–Kier alpha value is -1.99. The van der Waals surface area contributed by atoms with Crippen LogP contribution in [0.1, 0.15) is 50.1 Å². The maximum atomic E-state index is 11.5. The summed E-state index contributed by atoms with van der Waals surface area (Å²) < 4.78 is 11.8. The van der Waals surface area contributed by atoms with Gasteiger partial charge in [0, 0.05) is 12.1 Å². The van der Waals surface area contributed by atoms with E-state index in [0.717, 1.165) is 43.5 Å². The molecule has 1 saturated carbocycles. The molecule has 1 aromatic rings. The number of imide groups is 1. The monoisotopic (exact) mass is 421 g/mol. The van der Waals surface area contributed by atoms with Gasteiger partial charge in [-0.3, -0.25) is 10.1 Å². The molecule has 2 heterocycles. The maximum Gasteiger partial charge on any atom is 0.324 e. The molecule has 0 unspecified atom stereocenters. The minimum atomic E-state index is -0.267. The Bertz CT molecular complexity index is 769. The maximum absolute atomic E-state index is 11.5. The fourth-order valence-electron chi connectivity index (χ4n) is 3.74. The van der Waals surface area contributed by atoms with Crippen LogP contribution in [0.3, 0.4) is 0 Å². The average molecular weight is 422 g/mol. The van der Waals surface area contributed by atoms with E-state index in [4.69, 9.17) is 21.1 Å². The largest absolute Gasteiger partial charge is 0.488 e. The number of urea groups is 1. The zero-order valence-electron chi connectivity index (χ0n) is 16.5. The van der Waals surface area contributed by atoms with E-state index in [-0.39, 0.29) is 24.5 Å². The van der Waals surface area contributed by atoms with E-state index in [9.17, 15) is 9.59 Å². The molecule has 0 spiro atoms. The number of fused-ring (bicyclic) bond motifs is 1. The summed E-state index contributed by atoms with van der Waals surface area (Å²) in [6, 6.07) is 3.81. The summed E-state index contributed by atoms with van der Waals surface area (Å²) >= 11 is 6.33. The molecule has 0 radical (unpaired) electrons. The number of unbranched alkanes of at least 4 members (excludes halogenated alkanes) is 3. The van der Waals surface area contributed by atoms with Crippen LogP contribution in [-0.2, 0) is 4.79 Å². The van der Waals surface area contributed by atoms with Gasteiger partial charge in [-0.05, 0) is 44.2 Å². The van der Waals surface area contributed by atoms with Crippen molar-refractivity contribution in [2.24, 2.45) is 5.92 Å². The second-order valence-corrected chi connectivity index (χ2v) is 8.46. The first-order valence-electron chi connectivity index (χ1n) is 10.5. The minimum absolute atomic E-state index is 0.157. The Kier molecular flexibility index (Phi) is 6.45. The van der Waals surface area contributed by atoms with E-state index >= 15 is 0 Å². The molecule has 2 fully saturated rings. The van der Waals surface area contributed by atoms with E-state index in [1.807, 2.05) is 12.1 Å². The van der Waals surface area contributed by atoms with Crippen LogP contribution in [0.5, 0.6) is 11.5 Å². The third-order valence-electron chi connectivity index (χ3n) is 5.64. The lowest BCUT2D eigenvalue weighted by Crippen LogP contribution is -2.29. The van der Waals surface area contributed by atoms with Gasteiger partial charge < -0.3 is 19.7 Å². The molecule has 0 bridgehead atoms. The summed E-state index contributed by atoms with van der Waals surface area (Å²) in [5.74, 6) is 1.93. The second-order valence-electron chi connectivity index (χ2n) is 8.06. The number of nitrogens with one attached hydrogen (secondary N) is 2. The van der Waals surface area contributed by atoms with Gasteiger partial charge in [-0.1, -0.05) is 30.5 Å². The van der Waals surface area contributed by atoms with Crippen LogP contribution >= 0.6 is 11.6 Å². The van der Waals surface area contributed by atoms with Gasteiger partial charge in [-0.25, -0.2) is 4.79 Å². The Balaban J connectivity index is 1.16. The zero-order valence-corrected chi connectivity index (χ0v) is 17.3. The molecule has 0 aromatic heterocycles. The third-order valence-corrected chi connectivity index (χ3v) is 5.94. The van der Waals surface area contributed by atoms with Gasteiger partial charge >= 0.3 is 6.03 Å². The van der Waals surface area contributed by atoms with Crippen molar-refractivity contribution in [1.82, 2.24) is 15.5 Å². The quantitative estimate of drug-likeness (QED) is 0.423. The van der Waals surface area contributed by atoms with E-state index in [0.29, 0.717) is 36.4 Å².